The first-order valence-electron chi connectivity index (χ1n) is 3.96. The Morgan fingerprint density at radius 2 is 2.29 bits per heavy atom. The van der Waals surface area contributed by atoms with E-state index in [0.29, 0.717) is 16.7 Å². The van der Waals surface area contributed by atoms with E-state index in [4.69, 9.17) is 4.74 Å². The molecule has 0 aliphatic carbocycles. The van der Waals surface area contributed by atoms with Gasteiger partial charge >= 0.3 is 0 Å². The van der Waals surface area contributed by atoms with Crippen molar-refractivity contribution in [3.63, 3.8) is 0 Å². The molecule has 2 aromatic rings. The molecule has 0 fully saturated rings. The predicted molar refractivity (Wildman–Crippen MR) is 53.7 cm³/mol. The topological polar surface area (TPSA) is 26.3 Å². The Balaban J connectivity index is 2.85. The standard InChI is InChI=1S/C10H7FO2S/c1-13-8-2-7(11)3-9-10(8)6(4-12)5-14-9/h2-5H,1H3. The maximum atomic E-state index is 13.0. The van der Waals surface area contributed by atoms with E-state index in [0.717, 1.165) is 11.0 Å². The lowest BCUT2D eigenvalue weighted by atomic mass is 10.1. The van der Waals surface area contributed by atoms with Gasteiger partial charge in [0.1, 0.15) is 11.6 Å². The molecule has 2 rings (SSSR count). The second-order valence-corrected chi connectivity index (χ2v) is 3.70. The number of thiophene rings is 1. The van der Waals surface area contributed by atoms with Crippen LogP contribution in [0.3, 0.4) is 0 Å². The van der Waals surface area contributed by atoms with Crippen molar-refractivity contribution in [2.45, 2.75) is 0 Å². The quantitative estimate of drug-likeness (QED) is 0.712. The summed E-state index contributed by atoms with van der Waals surface area (Å²) >= 11 is 1.33. The molecule has 0 amide bonds. The molecule has 1 aromatic carbocycles. The number of fused-ring (bicyclic) bond motifs is 1. The number of rotatable bonds is 2. The van der Waals surface area contributed by atoms with Gasteiger partial charge in [0.2, 0.25) is 0 Å². The molecule has 0 aliphatic heterocycles. The molecule has 0 bridgehead atoms. The first-order valence-corrected chi connectivity index (χ1v) is 4.84. The van der Waals surface area contributed by atoms with Crippen LogP contribution < -0.4 is 4.74 Å². The second-order valence-electron chi connectivity index (χ2n) is 2.79. The minimum Gasteiger partial charge on any atom is -0.496 e. The summed E-state index contributed by atoms with van der Waals surface area (Å²) in [5, 5.41) is 2.38. The maximum absolute atomic E-state index is 13.0. The van der Waals surface area contributed by atoms with Gasteiger partial charge in [-0.2, -0.15) is 0 Å². The third-order valence-electron chi connectivity index (χ3n) is 1.98. The summed E-state index contributed by atoms with van der Waals surface area (Å²) in [7, 11) is 1.46. The highest BCUT2D eigenvalue weighted by Gasteiger charge is 2.10. The van der Waals surface area contributed by atoms with Gasteiger partial charge < -0.3 is 4.74 Å². The number of carbonyl (C=O) groups is 1. The molecule has 4 heteroatoms. The van der Waals surface area contributed by atoms with Gasteiger partial charge in [-0.25, -0.2) is 4.39 Å². The summed E-state index contributed by atoms with van der Waals surface area (Å²) in [4.78, 5) is 10.7. The van der Waals surface area contributed by atoms with E-state index in [1.165, 1.54) is 30.6 Å². The number of hydrogen-bond acceptors (Lipinski definition) is 3. The minimum atomic E-state index is -0.353. The molecule has 0 N–H and O–H groups in total. The molecule has 0 radical (unpaired) electrons. The van der Waals surface area contributed by atoms with Gasteiger partial charge in [0, 0.05) is 27.1 Å². The Labute approximate surface area is 83.9 Å². The van der Waals surface area contributed by atoms with Crippen LogP contribution in [0.2, 0.25) is 0 Å². The molecule has 0 unspecified atom stereocenters. The van der Waals surface area contributed by atoms with Gasteiger partial charge in [0.25, 0.3) is 0 Å². The van der Waals surface area contributed by atoms with E-state index in [1.54, 1.807) is 5.38 Å². The van der Waals surface area contributed by atoms with Crippen LogP contribution in [0.15, 0.2) is 17.5 Å². The number of ether oxygens (including phenoxy) is 1. The fraction of sp³-hybridized carbons (Fsp3) is 0.100. The fourth-order valence-corrected chi connectivity index (χ4v) is 2.31. The maximum Gasteiger partial charge on any atom is 0.151 e. The molecule has 0 spiro atoms. The monoisotopic (exact) mass is 210 g/mol. The minimum absolute atomic E-state index is 0.353. The number of methoxy groups -OCH3 is 1. The predicted octanol–water partition coefficient (Wildman–Crippen LogP) is 2.86. The van der Waals surface area contributed by atoms with E-state index in [2.05, 4.69) is 0 Å². The van der Waals surface area contributed by atoms with Crippen molar-refractivity contribution in [1.29, 1.82) is 0 Å². The molecule has 0 saturated heterocycles. The Morgan fingerprint density at radius 1 is 1.50 bits per heavy atom. The highest BCUT2D eigenvalue weighted by Crippen LogP contribution is 2.33. The third-order valence-corrected chi connectivity index (χ3v) is 2.93. The van der Waals surface area contributed by atoms with Gasteiger partial charge in [-0.1, -0.05) is 0 Å². The summed E-state index contributed by atoms with van der Waals surface area (Å²) in [6.45, 7) is 0. The molecule has 0 saturated carbocycles. The highest BCUT2D eigenvalue weighted by atomic mass is 32.1. The zero-order valence-corrected chi connectivity index (χ0v) is 8.23. The van der Waals surface area contributed by atoms with Crippen molar-refractivity contribution < 1.29 is 13.9 Å². The number of aldehydes is 1. The van der Waals surface area contributed by atoms with Gasteiger partial charge in [-0.15, -0.1) is 11.3 Å². The van der Waals surface area contributed by atoms with Crippen molar-refractivity contribution in [2.24, 2.45) is 0 Å². The molecular weight excluding hydrogens is 203 g/mol. The molecule has 72 valence electrons. The molecule has 2 nitrogen and oxygen atoms in total. The highest BCUT2D eigenvalue weighted by molar-refractivity contribution is 7.17. The molecular formula is C10H7FO2S. The van der Waals surface area contributed by atoms with Crippen LogP contribution in [0.25, 0.3) is 10.1 Å². The molecule has 0 atom stereocenters. The first-order chi connectivity index (χ1) is 6.76. The van der Waals surface area contributed by atoms with Crippen LogP contribution in [0.4, 0.5) is 4.39 Å². The lowest BCUT2D eigenvalue weighted by Gasteiger charge is -2.02. The van der Waals surface area contributed by atoms with Crippen LogP contribution in [0.5, 0.6) is 5.75 Å². The summed E-state index contributed by atoms with van der Waals surface area (Å²) < 4.78 is 18.8. The van der Waals surface area contributed by atoms with Gasteiger partial charge in [-0.3, -0.25) is 4.79 Å². The van der Waals surface area contributed by atoms with E-state index in [-0.39, 0.29) is 5.82 Å². The Morgan fingerprint density at radius 3 is 2.93 bits per heavy atom. The molecule has 0 aliphatic rings. The van der Waals surface area contributed by atoms with E-state index in [9.17, 15) is 9.18 Å². The van der Waals surface area contributed by atoms with Gasteiger partial charge in [0.15, 0.2) is 6.29 Å². The van der Waals surface area contributed by atoms with Crippen molar-refractivity contribution in [1.82, 2.24) is 0 Å². The normalized spacial score (nSPS) is 10.4. The summed E-state index contributed by atoms with van der Waals surface area (Å²) in [6, 6.07) is 2.68. The van der Waals surface area contributed by atoms with E-state index in [1.807, 2.05) is 0 Å². The molecule has 14 heavy (non-hydrogen) atoms. The lowest BCUT2D eigenvalue weighted by molar-refractivity contribution is 0.112. The Bertz CT molecular complexity index is 490. The van der Waals surface area contributed by atoms with Crippen molar-refractivity contribution in [3.05, 3.63) is 28.9 Å². The largest absolute Gasteiger partial charge is 0.496 e. The SMILES string of the molecule is COc1cc(F)cc2scc(C=O)c12. The van der Waals surface area contributed by atoms with Crippen LogP contribution in [-0.2, 0) is 0 Å². The molecule has 1 aromatic heterocycles. The van der Waals surface area contributed by atoms with Crippen molar-refractivity contribution in [2.75, 3.05) is 7.11 Å². The summed E-state index contributed by atoms with van der Waals surface area (Å²) in [5.74, 6) is 0.0528. The zero-order valence-electron chi connectivity index (χ0n) is 7.41. The van der Waals surface area contributed by atoms with Crippen molar-refractivity contribution in [3.8, 4) is 5.75 Å². The number of benzene rings is 1. The van der Waals surface area contributed by atoms with Crippen LogP contribution in [-0.4, -0.2) is 13.4 Å². The number of halogens is 1. The van der Waals surface area contributed by atoms with E-state index < -0.39 is 0 Å². The van der Waals surface area contributed by atoms with Crippen LogP contribution in [0, 0.1) is 5.82 Å². The fourth-order valence-electron chi connectivity index (χ4n) is 1.37. The zero-order chi connectivity index (χ0) is 10.1. The van der Waals surface area contributed by atoms with Gasteiger partial charge in [-0.05, 0) is 6.07 Å². The van der Waals surface area contributed by atoms with Crippen LogP contribution >= 0.6 is 11.3 Å². The average Bonchev–Trinajstić information content (AvgIpc) is 2.59. The Hall–Kier alpha value is -1.42. The third kappa shape index (κ3) is 1.28. The second kappa shape index (κ2) is 3.38. The molecule has 1 heterocycles. The first kappa shape index (κ1) is 9.15. The van der Waals surface area contributed by atoms with E-state index >= 15 is 0 Å². The summed E-state index contributed by atoms with van der Waals surface area (Å²) in [5.41, 5.74) is 0.543. The van der Waals surface area contributed by atoms with Crippen molar-refractivity contribution >= 4 is 27.7 Å². The van der Waals surface area contributed by atoms with Gasteiger partial charge in [0.05, 0.1) is 7.11 Å². The van der Waals surface area contributed by atoms with Crippen LogP contribution in [0.1, 0.15) is 10.4 Å². The number of hydrogen-bond donors (Lipinski definition) is 0. The average molecular weight is 210 g/mol. The summed E-state index contributed by atoms with van der Waals surface area (Å²) in [6.07, 6.45) is 0.749. The lowest BCUT2D eigenvalue weighted by Crippen LogP contribution is -1.87. The smallest absolute Gasteiger partial charge is 0.151 e. The Kier molecular flexibility index (Phi) is 2.21. The number of carbonyl (C=O) groups excluding carboxylic acids is 1.